The van der Waals surface area contributed by atoms with E-state index in [0.29, 0.717) is 17.8 Å². The molecule has 0 radical (unpaired) electrons. The zero-order valence-electron chi connectivity index (χ0n) is 17.7. The summed E-state index contributed by atoms with van der Waals surface area (Å²) in [5, 5.41) is 5.47. The van der Waals surface area contributed by atoms with E-state index in [2.05, 4.69) is 20.6 Å². The van der Waals surface area contributed by atoms with Gasteiger partial charge in [0.2, 0.25) is 11.8 Å². The highest BCUT2D eigenvalue weighted by Gasteiger charge is 2.48. The fraction of sp³-hybridized carbons (Fsp3) is 0.333. The van der Waals surface area contributed by atoms with Crippen LogP contribution in [-0.2, 0) is 9.59 Å². The standard InChI is InChI=1S/C21H24N6O4/c1-26(2)20(30)16-9-12(5-7-22-16)24-18(28)14-11-15(14)19(29)25-13-6-8-23-17(10-13)21(31)27(3)4/h5-10,14-15H,11H2,1-4H3,(H,22,24,28)(H,23,25,29). The van der Waals surface area contributed by atoms with Crippen LogP contribution in [0.2, 0.25) is 0 Å². The minimum Gasteiger partial charge on any atom is -0.343 e. The Kier molecular flexibility index (Phi) is 6.28. The highest BCUT2D eigenvalue weighted by Crippen LogP contribution is 2.40. The van der Waals surface area contributed by atoms with E-state index in [1.807, 2.05) is 0 Å². The normalized spacial score (nSPS) is 16.8. The quantitative estimate of drug-likeness (QED) is 0.715. The Labute approximate surface area is 179 Å². The maximum Gasteiger partial charge on any atom is 0.272 e. The van der Waals surface area contributed by atoms with Crippen LogP contribution in [-0.4, -0.2) is 71.6 Å². The topological polar surface area (TPSA) is 125 Å². The molecule has 1 saturated carbocycles. The van der Waals surface area contributed by atoms with E-state index in [4.69, 9.17) is 0 Å². The van der Waals surface area contributed by atoms with Crippen LogP contribution in [0.5, 0.6) is 0 Å². The zero-order valence-corrected chi connectivity index (χ0v) is 17.7. The molecule has 0 saturated heterocycles. The fourth-order valence-corrected chi connectivity index (χ4v) is 2.95. The molecule has 10 nitrogen and oxygen atoms in total. The number of nitrogens with one attached hydrogen (secondary N) is 2. The van der Waals surface area contributed by atoms with Crippen LogP contribution in [0.4, 0.5) is 11.4 Å². The molecule has 0 bridgehead atoms. The van der Waals surface area contributed by atoms with Crippen molar-refractivity contribution in [2.24, 2.45) is 11.8 Å². The molecular formula is C21H24N6O4. The van der Waals surface area contributed by atoms with Crippen LogP contribution < -0.4 is 10.6 Å². The predicted molar refractivity (Wildman–Crippen MR) is 113 cm³/mol. The molecule has 31 heavy (non-hydrogen) atoms. The van der Waals surface area contributed by atoms with Crippen LogP contribution in [0.1, 0.15) is 27.4 Å². The van der Waals surface area contributed by atoms with Crippen LogP contribution in [0.15, 0.2) is 36.7 Å². The lowest BCUT2D eigenvalue weighted by Gasteiger charge is -2.11. The van der Waals surface area contributed by atoms with Gasteiger partial charge in [-0.2, -0.15) is 0 Å². The maximum atomic E-state index is 12.5. The molecule has 2 aromatic heterocycles. The van der Waals surface area contributed by atoms with E-state index in [9.17, 15) is 19.2 Å². The van der Waals surface area contributed by atoms with E-state index in [1.54, 1.807) is 40.3 Å². The predicted octanol–water partition coefficient (Wildman–Crippen LogP) is 1.09. The third-order valence-corrected chi connectivity index (χ3v) is 4.77. The first-order valence-corrected chi connectivity index (χ1v) is 9.64. The van der Waals surface area contributed by atoms with Gasteiger partial charge in [0.05, 0.1) is 11.8 Å². The average Bonchev–Trinajstić information content (AvgIpc) is 3.54. The lowest BCUT2D eigenvalue weighted by Crippen LogP contribution is -2.24. The summed E-state index contributed by atoms with van der Waals surface area (Å²) < 4.78 is 0. The summed E-state index contributed by atoms with van der Waals surface area (Å²) in [6.07, 6.45) is 3.31. The van der Waals surface area contributed by atoms with Crippen LogP contribution in [0.25, 0.3) is 0 Å². The molecule has 2 unspecified atom stereocenters. The Bertz CT molecular complexity index is 955. The molecule has 2 atom stereocenters. The van der Waals surface area contributed by atoms with Crippen molar-refractivity contribution in [2.75, 3.05) is 38.8 Å². The van der Waals surface area contributed by atoms with E-state index in [0.717, 1.165) is 0 Å². The van der Waals surface area contributed by atoms with Crippen LogP contribution in [0, 0.1) is 11.8 Å². The van der Waals surface area contributed by atoms with Crippen molar-refractivity contribution in [1.82, 2.24) is 19.8 Å². The molecule has 0 aliphatic heterocycles. The lowest BCUT2D eigenvalue weighted by atomic mass is 10.2. The lowest BCUT2D eigenvalue weighted by molar-refractivity contribution is -0.122. The molecule has 0 aromatic carbocycles. The van der Waals surface area contributed by atoms with Crippen molar-refractivity contribution in [3.63, 3.8) is 0 Å². The van der Waals surface area contributed by atoms with Crippen molar-refractivity contribution in [3.8, 4) is 0 Å². The average molecular weight is 424 g/mol. The zero-order chi connectivity index (χ0) is 22.7. The van der Waals surface area contributed by atoms with Gasteiger partial charge in [0.15, 0.2) is 0 Å². The molecule has 162 valence electrons. The number of nitrogens with zero attached hydrogens (tertiary/aromatic N) is 4. The molecule has 4 amide bonds. The van der Waals surface area contributed by atoms with E-state index in [-0.39, 0.29) is 35.0 Å². The van der Waals surface area contributed by atoms with Gasteiger partial charge in [0, 0.05) is 52.0 Å². The molecular weight excluding hydrogens is 400 g/mol. The van der Waals surface area contributed by atoms with Gasteiger partial charge in [0.1, 0.15) is 11.4 Å². The summed E-state index contributed by atoms with van der Waals surface area (Å²) in [5.41, 5.74) is 1.32. The summed E-state index contributed by atoms with van der Waals surface area (Å²) in [7, 11) is 6.46. The minimum absolute atomic E-state index is 0.216. The van der Waals surface area contributed by atoms with Gasteiger partial charge in [-0.25, -0.2) is 0 Å². The minimum atomic E-state index is -0.467. The van der Waals surface area contributed by atoms with Crippen molar-refractivity contribution in [3.05, 3.63) is 48.0 Å². The molecule has 2 heterocycles. The van der Waals surface area contributed by atoms with E-state index in [1.165, 1.54) is 34.3 Å². The highest BCUT2D eigenvalue weighted by molar-refractivity contribution is 6.04. The monoisotopic (exact) mass is 424 g/mol. The number of anilines is 2. The summed E-state index contributed by atoms with van der Waals surface area (Å²) in [6.45, 7) is 0. The first-order chi connectivity index (χ1) is 14.7. The third kappa shape index (κ3) is 5.21. The Morgan fingerprint density at radius 1 is 0.774 bits per heavy atom. The van der Waals surface area contributed by atoms with Crippen LogP contribution in [0.3, 0.4) is 0 Å². The van der Waals surface area contributed by atoms with Gasteiger partial charge in [-0.1, -0.05) is 0 Å². The molecule has 0 spiro atoms. The Morgan fingerprint density at radius 2 is 1.16 bits per heavy atom. The second-order valence-electron chi connectivity index (χ2n) is 7.69. The van der Waals surface area contributed by atoms with Gasteiger partial charge in [-0.05, 0) is 30.7 Å². The number of hydrogen-bond acceptors (Lipinski definition) is 6. The van der Waals surface area contributed by atoms with Crippen LogP contribution >= 0.6 is 0 Å². The molecule has 3 rings (SSSR count). The Hall–Kier alpha value is -3.82. The number of carbonyl (C=O) groups excluding carboxylic acids is 4. The summed E-state index contributed by atoms with van der Waals surface area (Å²) >= 11 is 0. The Morgan fingerprint density at radius 3 is 1.52 bits per heavy atom. The van der Waals surface area contributed by atoms with Crippen molar-refractivity contribution >= 4 is 35.0 Å². The molecule has 2 aromatic rings. The maximum absolute atomic E-state index is 12.5. The second kappa shape index (κ2) is 8.90. The van der Waals surface area contributed by atoms with Gasteiger partial charge < -0.3 is 20.4 Å². The highest BCUT2D eigenvalue weighted by atomic mass is 16.2. The SMILES string of the molecule is CN(C)C(=O)c1cc(NC(=O)C2CC2C(=O)Nc2ccnc(C(=O)N(C)C)c2)ccn1. The van der Waals surface area contributed by atoms with Crippen molar-refractivity contribution in [1.29, 1.82) is 0 Å². The number of pyridine rings is 2. The second-order valence-corrected chi connectivity index (χ2v) is 7.69. The number of carbonyl (C=O) groups is 4. The fourth-order valence-electron chi connectivity index (χ4n) is 2.95. The van der Waals surface area contributed by atoms with Gasteiger partial charge in [-0.15, -0.1) is 0 Å². The Balaban J connectivity index is 1.59. The van der Waals surface area contributed by atoms with E-state index >= 15 is 0 Å². The summed E-state index contributed by atoms with van der Waals surface area (Å²) in [5.74, 6) is -2.08. The third-order valence-electron chi connectivity index (χ3n) is 4.77. The van der Waals surface area contributed by atoms with Crippen molar-refractivity contribution < 1.29 is 19.2 Å². The van der Waals surface area contributed by atoms with Gasteiger partial charge in [-0.3, -0.25) is 29.1 Å². The number of aromatic nitrogens is 2. The molecule has 1 fully saturated rings. The molecule has 10 heteroatoms. The summed E-state index contributed by atoms with van der Waals surface area (Å²) in [6, 6.07) is 6.17. The summed E-state index contributed by atoms with van der Waals surface area (Å²) in [4.78, 5) is 59.9. The first-order valence-electron chi connectivity index (χ1n) is 9.64. The van der Waals surface area contributed by atoms with Gasteiger partial charge >= 0.3 is 0 Å². The van der Waals surface area contributed by atoms with Gasteiger partial charge in [0.25, 0.3) is 11.8 Å². The first kappa shape index (κ1) is 21.9. The number of amides is 4. The molecule has 1 aliphatic rings. The molecule has 1 aliphatic carbocycles. The number of rotatable bonds is 6. The largest absolute Gasteiger partial charge is 0.343 e. The molecule has 2 N–H and O–H groups in total. The van der Waals surface area contributed by atoms with Crippen molar-refractivity contribution in [2.45, 2.75) is 6.42 Å². The van der Waals surface area contributed by atoms with E-state index < -0.39 is 11.8 Å². The smallest absolute Gasteiger partial charge is 0.272 e. The number of hydrogen-bond donors (Lipinski definition) is 2.